The van der Waals surface area contributed by atoms with Gasteiger partial charge < -0.3 is 0 Å². The second kappa shape index (κ2) is 7.31. The van der Waals surface area contributed by atoms with Crippen LogP contribution in [0, 0.1) is 23.7 Å². The van der Waals surface area contributed by atoms with E-state index in [0.29, 0.717) is 0 Å². The molecule has 0 aliphatic heterocycles. The molecule has 14 heavy (non-hydrogen) atoms. The van der Waals surface area contributed by atoms with Crippen LogP contribution in [-0.4, -0.2) is 0 Å². The van der Waals surface area contributed by atoms with Crippen LogP contribution in [0.15, 0.2) is 0 Å². The van der Waals surface area contributed by atoms with Crippen LogP contribution in [0.4, 0.5) is 0 Å². The molecule has 0 spiro atoms. The number of hydrogen-bond acceptors (Lipinski definition) is 0. The van der Waals surface area contributed by atoms with Gasteiger partial charge in [0.1, 0.15) is 0 Å². The molecule has 0 saturated carbocycles. The van der Waals surface area contributed by atoms with E-state index in [0.717, 1.165) is 23.7 Å². The maximum absolute atomic E-state index is 2.42. The Morgan fingerprint density at radius 1 is 0.571 bits per heavy atom. The van der Waals surface area contributed by atoms with Crippen LogP contribution in [-0.2, 0) is 0 Å². The van der Waals surface area contributed by atoms with Crippen molar-refractivity contribution in [2.45, 2.75) is 67.2 Å². The summed E-state index contributed by atoms with van der Waals surface area (Å²) < 4.78 is 0. The average Bonchev–Trinajstić information content (AvgIpc) is 2.09. The summed E-state index contributed by atoms with van der Waals surface area (Å²) in [5.74, 6) is 3.57. The maximum Gasteiger partial charge on any atom is 0 e. The van der Waals surface area contributed by atoms with Crippen LogP contribution >= 0.6 is 0 Å². The molecule has 0 fully saturated rings. The van der Waals surface area contributed by atoms with Gasteiger partial charge in [0, 0.05) is 2.85 Å². The molecule has 0 aliphatic rings. The molecule has 0 amide bonds. The summed E-state index contributed by atoms with van der Waals surface area (Å²) >= 11 is 0. The lowest BCUT2D eigenvalue weighted by Gasteiger charge is -2.21. The van der Waals surface area contributed by atoms with Gasteiger partial charge in [0.2, 0.25) is 0 Å². The van der Waals surface area contributed by atoms with Crippen molar-refractivity contribution in [2.24, 2.45) is 23.7 Å². The Morgan fingerprint density at radius 2 is 0.857 bits per heavy atom. The van der Waals surface area contributed by atoms with Gasteiger partial charge in [-0.3, -0.25) is 0 Å². The highest BCUT2D eigenvalue weighted by atomic mass is 14.2. The van der Waals surface area contributed by atoms with Crippen LogP contribution in [0.2, 0.25) is 0 Å². The molecule has 90 valence electrons. The zero-order chi connectivity index (χ0) is 11.1. The third-order valence-electron chi connectivity index (χ3n) is 3.37. The van der Waals surface area contributed by atoms with Crippen LogP contribution < -0.4 is 0 Å². The van der Waals surface area contributed by atoms with Crippen molar-refractivity contribution >= 4 is 0 Å². The standard InChI is InChI=1S/C14H30.2H2/c1-11(2)7-9-13(5)14(6)10-8-12(3)4;;/h11-14H,7-10H2,1-6H3;2*1H. The summed E-state index contributed by atoms with van der Waals surface area (Å²) in [6, 6.07) is 0. The lowest BCUT2D eigenvalue weighted by Crippen LogP contribution is -2.10. The third kappa shape index (κ3) is 7.41. The smallest absolute Gasteiger partial charge is 0 e. The van der Waals surface area contributed by atoms with Crippen LogP contribution in [0.5, 0.6) is 0 Å². The van der Waals surface area contributed by atoms with E-state index in [1.54, 1.807) is 0 Å². The topological polar surface area (TPSA) is 0 Å². The van der Waals surface area contributed by atoms with Crippen molar-refractivity contribution in [3.05, 3.63) is 0 Å². The first-order valence-electron chi connectivity index (χ1n) is 6.43. The van der Waals surface area contributed by atoms with Gasteiger partial charge >= 0.3 is 0 Å². The molecule has 2 unspecified atom stereocenters. The Hall–Kier alpha value is 0. The highest BCUT2D eigenvalue weighted by Crippen LogP contribution is 2.24. The normalized spacial score (nSPS) is 16.3. The van der Waals surface area contributed by atoms with Gasteiger partial charge in [-0.25, -0.2) is 0 Å². The van der Waals surface area contributed by atoms with Gasteiger partial charge in [-0.05, 0) is 23.7 Å². The highest BCUT2D eigenvalue weighted by molar-refractivity contribution is 4.64. The van der Waals surface area contributed by atoms with Crippen LogP contribution in [0.3, 0.4) is 0 Å². The molecule has 0 rings (SSSR count). The first-order valence-corrected chi connectivity index (χ1v) is 6.43. The molecule has 0 aromatic carbocycles. The molecule has 0 saturated heterocycles. The Bertz CT molecular complexity index is 117. The molecule has 0 heterocycles. The van der Waals surface area contributed by atoms with E-state index in [9.17, 15) is 0 Å². The minimum Gasteiger partial charge on any atom is -0.0628 e. The van der Waals surface area contributed by atoms with E-state index in [-0.39, 0.29) is 2.85 Å². The Kier molecular flexibility index (Phi) is 7.31. The molecule has 2 atom stereocenters. The predicted octanol–water partition coefficient (Wildman–Crippen LogP) is 5.62. The summed E-state index contributed by atoms with van der Waals surface area (Å²) in [6.07, 6.45) is 5.62. The molecule has 0 aromatic heterocycles. The monoisotopic (exact) mass is 202 g/mol. The lowest BCUT2D eigenvalue weighted by molar-refractivity contribution is 0.303. The van der Waals surface area contributed by atoms with Gasteiger partial charge in [-0.15, -0.1) is 0 Å². The highest BCUT2D eigenvalue weighted by Gasteiger charge is 2.12. The molecular formula is C14H34. The number of rotatable bonds is 7. The van der Waals surface area contributed by atoms with Crippen molar-refractivity contribution in [3.8, 4) is 0 Å². The second-order valence-corrected chi connectivity index (χ2v) is 5.90. The molecular weight excluding hydrogens is 168 g/mol. The maximum atomic E-state index is 2.42. The molecule has 0 N–H and O–H groups in total. The van der Waals surface area contributed by atoms with Crippen molar-refractivity contribution in [3.63, 3.8) is 0 Å². The minimum absolute atomic E-state index is 0. The lowest BCUT2D eigenvalue weighted by atomic mass is 9.85. The fourth-order valence-electron chi connectivity index (χ4n) is 1.76. The van der Waals surface area contributed by atoms with E-state index >= 15 is 0 Å². The molecule has 0 radical (unpaired) electrons. The Balaban J connectivity index is -0.000000845. The average molecular weight is 202 g/mol. The largest absolute Gasteiger partial charge is 0.0628 e. The van der Waals surface area contributed by atoms with Crippen LogP contribution in [0.1, 0.15) is 70.1 Å². The van der Waals surface area contributed by atoms with E-state index < -0.39 is 0 Å². The van der Waals surface area contributed by atoms with E-state index in [2.05, 4.69) is 41.5 Å². The van der Waals surface area contributed by atoms with Crippen molar-refractivity contribution in [2.75, 3.05) is 0 Å². The molecule has 0 nitrogen and oxygen atoms in total. The summed E-state index contributed by atoms with van der Waals surface area (Å²) in [5, 5.41) is 0. The number of hydrogen-bond donors (Lipinski definition) is 0. The summed E-state index contributed by atoms with van der Waals surface area (Å²) in [6.45, 7) is 14.1. The van der Waals surface area contributed by atoms with E-state index in [4.69, 9.17) is 0 Å². The summed E-state index contributed by atoms with van der Waals surface area (Å²) in [7, 11) is 0. The van der Waals surface area contributed by atoms with Gasteiger partial charge in [-0.1, -0.05) is 67.2 Å². The quantitative estimate of drug-likeness (QED) is 0.502. The van der Waals surface area contributed by atoms with Gasteiger partial charge in [0.25, 0.3) is 0 Å². The predicted molar refractivity (Wildman–Crippen MR) is 70.7 cm³/mol. The van der Waals surface area contributed by atoms with Gasteiger partial charge in [0.15, 0.2) is 0 Å². The zero-order valence-corrected chi connectivity index (χ0v) is 11.1. The molecule has 0 aliphatic carbocycles. The SMILES string of the molecule is CC(C)CCC(C)C(C)CCC(C)C.[HH].[HH]. The molecule has 0 heteroatoms. The fraction of sp³-hybridized carbons (Fsp3) is 1.00. The van der Waals surface area contributed by atoms with Crippen molar-refractivity contribution < 1.29 is 2.85 Å². The van der Waals surface area contributed by atoms with Crippen molar-refractivity contribution in [1.29, 1.82) is 0 Å². The third-order valence-corrected chi connectivity index (χ3v) is 3.37. The molecule has 0 aromatic rings. The zero-order valence-electron chi connectivity index (χ0n) is 11.1. The Labute approximate surface area is 94.5 Å². The van der Waals surface area contributed by atoms with Crippen LogP contribution in [0.25, 0.3) is 0 Å². The summed E-state index contributed by atoms with van der Waals surface area (Å²) in [5.41, 5.74) is 0. The molecule has 0 bridgehead atoms. The summed E-state index contributed by atoms with van der Waals surface area (Å²) in [4.78, 5) is 0. The van der Waals surface area contributed by atoms with Gasteiger partial charge in [-0.2, -0.15) is 0 Å². The van der Waals surface area contributed by atoms with Gasteiger partial charge in [0.05, 0.1) is 0 Å². The first-order chi connectivity index (χ1) is 6.43. The van der Waals surface area contributed by atoms with Crippen molar-refractivity contribution in [1.82, 2.24) is 0 Å². The Morgan fingerprint density at radius 3 is 1.07 bits per heavy atom. The first kappa shape index (κ1) is 14.0. The minimum atomic E-state index is 0. The van der Waals surface area contributed by atoms with E-state index in [1.807, 2.05) is 0 Å². The second-order valence-electron chi connectivity index (χ2n) is 5.90. The fourth-order valence-corrected chi connectivity index (χ4v) is 1.76. The van der Waals surface area contributed by atoms with E-state index in [1.165, 1.54) is 25.7 Å².